The summed E-state index contributed by atoms with van der Waals surface area (Å²) in [5, 5.41) is 4.86. The Bertz CT molecular complexity index is 437. The van der Waals surface area contributed by atoms with Crippen molar-refractivity contribution in [2.24, 2.45) is 0 Å². The molecule has 21 heavy (non-hydrogen) atoms. The van der Waals surface area contributed by atoms with Gasteiger partial charge < -0.3 is 10.1 Å². The minimum atomic E-state index is 0.637. The summed E-state index contributed by atoms with van der Waals surface area (Å²) in [5.41, 5.74) is 1.14. The van der Waals surface area contributed by atoms with Crippen LogP contribution in [0.1, 0.15) is 54.1 Å². The van der Waals surface area contributed by atoms with Crippen LogP contribution in [-0.2, 0) is 24.4 Å². The highest BCUT2D eigenvalue weighted by Crippen LogP contribution is 2.24. The van der Waals surface area contributed by atoms with Crippen molar-refractivity contribution in [2.45, 2.75) is 64.3 Å². The van der Waals surface area contributed by atoms with Gasteiger partial charge in [0.05, 0.1) is 18.8 Å². The third kappa shape index (κ3) is 4.74. The molecule has 0 bridgehead atoms. The van der Waals surface area contributed by atoms with Gasteiger partial charge in [-0.1, -0.05) is 12.8 Å². The van der Waals surface area contributed by atoms with Gasteiger partial charge in [0.15, 0.2) is 0 Å². The van der Waals surface area contributed by atoms with E-state index in [1.165, 1.54) is 61.5 Å². The van der Waals surface area contributed by atoms with Gasteiger partial charge >= 0.3 is 0 Å². The number of aromatic nitrogens is 1. The lowest BCUT2D eigenvalue weighted by Crippen LogP contribution is -2.23. The Morgan fingerprint density at radius 1 is 1.24 bits per heavy atom. The summed E-state index contributed by atoms with van der Waals surface area (Å²) in [5.74, 6) is 0. The number of thiazole rings is 1. The minimum Gasteiger partial charge on any atom is -0.378 e. The van der Waals surface area contributed by atoms with Gasteiger partial charge in [0.2, 0.25) is 0 Å². The molecular weight excluding hydrogens is 282 g/mol. The van der Waals surface area contributed by atoms with Crippen LogP contribution in [0.2, 0.25) is 0 Å². The molecule has 0 atom stereocenters. The number of methoxy groups -OCH3 is 1. The Kier molecular flexibility index (Phi) is 5.63. The molecule has 2 heterocycles. The summed E-state index contributed by atoms with van der Waals surface area (Å²) < 4.78 is 5.32. The maximum atomic E-state index is 5.32. The van der Waals surface area contributed by atoms with Gasteiger partial charge in [0, 0.05) is 24.6 Å². The second-order valence-corrected chi connectivity index (χ2v) is 7.42. The van der Waals surface area contributed by atoms with Gasteiger partial charge in [-0.15, -0.1) is 11.3 Å². The highest BCUT2D eigenvalue weighted by atomic mass is 32.1. The standard InChI is InChI=1S/C16H27N3OS/c1-20-12-14-15(10-17-13-6-7-13)21-16(18-14)11-19-8-4-2-3-5-9-19/h13,17H,2-12H2,1H3. The Morgan fingerprint density at radius 2 is 2.00 bits per heavy atom. The lowest BCUT2D eigenvalue weighted by atomic mass is 10.2. The van der Waals surface area contributed by atoms with Crippen LogP contribution >= 0.6 is 11.3 Å². The van der Waals surface area contributed by atoms with Gasteiger partial charge in [0.25, 0.3) is 0 Å². The van der Waals surface area contributed by atoms with Crippen molar-refractivity contribution < 1.29 is 4.74 Å². The van der Waals surface area contributed by atoms with Gasteiger partial charge in [-0.05, 0) is 38.8 Å². The highest BCUT2D eigenvalue weighted by molar-refractivity contribution is 7.11. The van der Waals surface area contributed by atoms with E-state index in [0.717, 1.165) is 24.8 Å². The second kappa shape index (κ2) is 7.68. The number of rotatable bonds is 7. The van der Waals surface area contributed by atoms with Gasteiger partial charge in [-0.3, -0.25) is 4.90 Å². The topological polar surface area (TPSA) is 37.4 Å². The van der Waals surface area contributed by atoms with Crippen LogP contribution in [0.25, 0.3) is 0 Å². The van der Waals surface area contributed by atoms with Crippen molar-refractivity contribution in [1.29, 1.82) is 0 Å². The maximum Gasteiger partial charge on any atom is 0.107 e. The molecule has 5 heteroatoms. The van der Waals surface area contributed by atoms with E-state index in [9.17, 15) is 0 Å². The third-order valence-corrected chi connectivity index (χ3v) is 5.37. The van der Waals surface area contributed by atoms with E-state index >= 15 is 0 Å². The van der Waals surface area contributed by atoms with Crippen LogP contribution in [0, 0.1) is 0 Å². The number of hydrogen-bond donors (Lipinski definition) is 1. The van der Waals surface area contributed by atoms with E-state index in [2.05, 4.69) is 10.2 Å². The molecule has 3 rings (SSSR count). The Morgan fingerprint density at radius 3 is 2.67 bits per heavy atom. The molecule has 4 nitrogen and oxygen atoms in total. The lowest BCUT2D eigenvalue weighted by Gasteiger charge is -2.17. The molecule has 0 aromatic carbocycles. The van der Waals surface area contributed by atoms with Gasteiger partial charge in [-0.2, -0.15) is 0 Å². The van der Waals surface area contributed by atoms with Crippen LogP contribution in [0.5, 0.6) is 0 Å². The molecule has 1 saturated carbocycles. The van der Waals surface area contributed by atoms with E-state index in [4.69, 9.17) is 9.72 Å². The van der Waals surface area contributed by atoms with Crippen molar-refractivity contribution >= 4 is 11.3 Å². The first kappa shape index (κ1) is 15.4. The first-order valence-corrected chi connectivity index (χ1v) is 9.09. The van der Waals surface area contributed by atoms with E-state index in [0.29, 0.717) is 6.61 Å². The van der Waals surface area contributed by atoms with Crippen LogP contribution in [0.15, 0.2) is 0 Å². The predicted octanol–water partition coefficient (Wildman–Crippen LogP) is 2.92. The van der Waals surface area contributed by atoms with E-state index in [1.807, 2.05) is 11.3 Å². The average Bonchev–Trinajstić information content (AvgIpc) is 3.26. The molecule has 1 aromatic heterocycles. The van der Waals surface area contributed by atoms with Crippen molar-refractivity contribution in [3.05, 3.63) is 15.6 Å². The Labute approximate surface area is 131 Å². The number of nitrogens with zero attached hydrogens (tertiary/aromatic N) is 2. The summed E-state index contributed by atoms with van der Waals surface area (Å²) in [4.78, 5) is 8.77. The van der Waals surface area contributed by atoms with Gasteiger partial charge in [-0.25, -0.2) is 4.98 Å². The summed E-state index contributed by atoms with van der Waals surface area (Å²) >= 11 is 1.87. The van der Waals surface area contributed by atoms with E-state index in [1.54, 1.807) is 7.11 Å². The fraction of sp³-hybridized carbons (Fsp3) is 0.812. The first-order valence-electron chi connectivity index (χ1n) is 8.27. The van der Waals surface area contributed by atoms with Crippen LogP contribution in [0.4, 0.5) is 0 Å². The molecule has 1 aliphatic carbocycles. The smallest absolute Gasteiger partial charge is 0.107 e. The maximum absolute atomic E-state index is 5.32. The number of hydrogen-bond acceptors (Lipinski definition) is 5. The van der Waals surface area contributed by atoms with Gasteiger partial charge in [0.1, 0.15) is 5.01 Å². The molecule has 2 aliphatic rings. The molecule has 1 aliphatic heterocycles. The molecular formula is C16H27N3OS. The third-order valence-electron chi connectivity index (χ3n) is 4.29. The molecule has 0 radical (unpaired) electrons. The summed E-state index contributed by atoms with van der Waals surface area (Å²) in [7, 11) is 1.76. The summed E-state index contributed by atoms with van der Waals surface area (Å²) in [6.45, 7) is 5.08. The van der Waals surface area contributed by atoms with Crippen molar-refractivity contribution in [3.8, 4) is 0 Å². The minimum absolute atomic E-state index is 0.637. The molecule has 1 aromatic rings. The largest absolute Gasteiger partial charge is 0.378 e. The molecule has 0 unspecified atom stereocenters. The molecule has 2 fully saturated rings. The molecule has 1 saturated heterocycles. The molecule has 0 spiro atoms. The first-order chi connectivity index (χ1) is 10.3. The van der Waals surface area contributed by atoms with E-state index in [-0.39, 0.29) is 0 Å². The zero-order chi connectivity index (χ0) is 14.5. The average molecular weight is 309 g/mol. The number of likely N-dealkylation sites (tertiary alicyclic amines) is 1. The monoisotopic (exact) mass is 309 g/mol. The Balaban J connectivity index is 1.61. The fourth-order valence-corrected chi connectivity index (χ4v) is 3.97. The number of nitrogens with one attached hydrogen (secondary N) is 1. The fourth-order valence-electron chi connectivity index (χ4n) is 2.90. The second-order valence-electron chi connectivity index (χ2n) is 6.26. The Hall–Kier alpha value is -0.490. The predicted molar refractivity (Wildman–Crippen MR) is 86.4 cm³/mol. The summed E-state index contributed by atoms with van der Waals surface area (Å²) in [6, 6.07) is 0.747. The summed E-state index contributed by atoms with van der Waals surface area (Å²) in [6.07, 6.45) is 8.12. The SMILES string of the molecule is COCc1nc(CN2CCCCCC2)sc1CNC1CC1. The highest BCUT2D eigenvalue weighted by Gasteiger charge is 2.22. The van der Waals surface area contributed by atoms with E-state index < -0.39 is 0 Å². The van der Waals surface area contributed by atoms with Crippen LogP contribution in [0.3, 0.4) is 0 Å². The zero-order valence-corrected chi connectivity index (χ0v) is 13.9. The molecule has 118 valence electrons. The van der Waals surface area contributed by atoms with Crippen molar-refractivity contribution in [2.75, 3.05) is 20.2 Å². The normalized spacial score (nSPS) is 20.6. The molecule has 0 amide bonds. The molecule has 1 N–H and O–H groups in total. The van der Waals surface area contributed by atoms with Crippen LogP contribution < -0.4 is 5.32 Å². The quantitative estimate of drug-likeness (QED) is 0.840. The zero-order valence-electron chi connectivity index (χ0n) is 13.1. The lowest BCUT2D eigenvalue weighted by molar-refractivity contribution is 0.180. The van der Waals surface area contributed by atoms with Crippen molar-refractivity contribution in [1.82, 2.24) is 15.2 Å². The van der Waals surface area contributed by atoms with Crippen LogP contribution in [-0.4, -0.2) is 36.1 Å². The number of ether oxygens (including phenoxy) is 1. The van der Waals surface area contributed by atoms with Crippen molar-refractivity contribution in [3.63, 3.8) is 0 Å².